The van der Waals surface area contributed by atoms with Crippen molar-refractivity contribution in [3.8, 4) is 23.0 Å². The Morgan fingerprint density at radius 2 is 1.30 bits per heavy atom. The van der Waals surface area contributed by atoms with E-state index < -0.39 is 124 Å². The normalized spacial score (nSPS) is 32.0. The molecule has 0 aliphatic carbocycles. The first-order chi connectivity index (χ1) is 25.5. The average molecular weight is 771 g/mol. The minimum atomic E-state index is -1.92. The van der Waals surface area contributed by atoms with E-state index in [0.717, 1.165) is 6.07 Å². The second-order valence-electron chi connectivity index (χ2n) is 12.6. The predicted octanol–water partition coefficient (Wildman–Crippen LogP) is -4.28. The molecule has 1 unspecified atom stereocenters. The third kappa shape index (κ3) is 9.44. The van der Waals surface area contributed by atoms with Gasteiger partial charge in [-0.3, -0.25) is 14.4 Å². The molecule has 54 heavy (non-hydrogen) atoms. The fourth-order valence-corrected chi connectivity index (χ4v) is 5.98. The van der Waals surface area contributed by atoms with Crippen molar-refractivity contribution in [1.29, 1.82) is 0 Å². The van der Waals surface area contributed by atoms with Crippen LogP contribution in [0.1, 0.15) is 30.1 Å². The number of phenols is 2. The zero-order valence-corrected chi connectivity index (χ0v) is 27.9. The monoisotopic (exact) mass is 770 g/mol. The maximum absolute atomic E-state index is 11.8. The Kier molecular flexibility index (Phi) is 12.8. The molecule has 5 rings (SSSR count). The summed E-state index contributed by atoms with van der Waals surface area (Å²) in [5, 5.41) is 104. The number of phenolic OH excluding ortho intramolecular Hbond substituents is 2. The van der Waals surface area contributed by atoms with Gasteiger partial charge in [0.25, 0.3) is 5.75 Å². The Bertz CT molecular complexity index is 1670. The van der Waals surface area contributed by atoms with Crippen molar-refractivity contribution in [2.75, 3.05) is 13.2 Å². The van der Waals surface area contributed by atoms with Gasteiger partial charge in [-0.05, 0) is 24.3 Å². The molecule has 10 N–H and O–H groups in total. The van der Waals surface area contributed by atoms with Crippen molar-refractivity contribution in [3.05, 3.63) is 47.5 Å². The number of aromatic hydroxyl groups is 3. The van der Waals surface area contributed by atoms with Crippen molar-refractivity contribution in [2.24, 2.45) is 0 Å². The lowest BCUT2D eigenvalue weighted by Crippen LogP contribution is -2.60. The lowest BCUT2D eigenvalue weighted by Gasteiger charge is -2.42. The maximum atomic E-state index is 11.8. The van der Waals surface area contributed by atoms with Crippen LogP contribution < -0.4 is 9.84 Å². The molecule has 2 fully saturated rings. The van der Waals surface area contributed by atoms with E-state index in [1.54, 1.807) is 0 Å². The van der Waals surface area contributed by atoms with E-state index in [1.807, 2.05) is 0 Å². The quantitative estimate of drug-likeness (QED) is 0.0528. The highest BCUT2D eigenvalue weighted by molar-refractivity contribution is 5.90. The second-order valence-corrected chi connectivity index (χ2v) is 12.6. The molecule has 0 radical (unpaired) electrons. The highest BCUT2D eigenvalue weighted by Gasteiger charge is 2.50. The summed E-state index contributed by atoms with van der Waals surface area (Å²) in [6.07, 6.45) is -22.2. The highest BCUT2D eigenvalue weighted by Crippen LogP contribution is 2.46. The zero-order valence-electron chi connectivity index (χ0n) is 27.9. The summed E-state index contributed by atoms with van der Waals surface area (Å²) in [7, 11) is 0. The van der Waals surface area contributed by atoms with E-state index in [2.05, 4.69) is 4.74 Å². The molecule has 2 saturated heterocycles. The lowest BCUT2D eigenvalue weighted by molar-refractivity contribution is -0.323. The van der Waals surface area contributed by atoms with E-state index in [9.17, 15) is 65.1 Å². The summed E-state index contributed by atoms with van der Waals surface area (Å²) < 4.78 is 37.6. The largest absolute Gasteiger partial charge is 0.575 e. The van der Waals surface area contributed by atoms with Crippen molar-refractivity contribution in [2.45, 2.75) is 92.9 Å². The van der Waals surface area contributed by atoms with Crippen LogP contribution in [0, 0.1) is 0 Å². The highest BCUT2D eigenvalue weighted by atomic mass is 16.7. The number of carbonyl (C=O) groups is 4. The topological polar surface area (TPSA) is 342 Å². The SMILES string of the molecule is O=C([O-])CC(=O)OC[C@H]1O[C@@H](O[C@H]2Cc3c(O[C@@H]4O[C@H](COC(=O)CC(=O)O)[C@@H](O)[C@H](O)[C@H]4O)cc(O)cc3[OH+]C2c2ccc(O)cc2)[C@H](O)[C@@H](O)[C@@H]1O. The number of carboxylic acid groups (broad SMARTS) is 2. The Balaban J connectivity index is 1.41. The summed E-state index contributed by atoms with van der Waals surface area (Å²) in [6.45, 7) is -1.49. The summed E-state index contributed by atoms with van der Waals surface area (Å²) in [4.78, 5) is 45.1. The smallest absolute Gasteiger partial charge is 0.317 e. The number of carboxylic acids is 2. The number of carbonyl (C=O) groups excluding carboxylic acids is 3. The number of aliphatic hydroxyl groups excluding tert-OH is 6. The molecule has 0 saturated carbocycles. The summed E-state index contributed by atoms with van der Waals surface area (Å²) >= 11 is 0. The van der Waals surface area contributed by atoms with Crippen LogP contribution in [-0.2, 0) is 49.3 Å². The van der Waals surface area contributed by atoms with Gasteiger partial charge in [0, 0.05) is 18.1 Å². The molecule has 0 amide bonds. The third-order valence-corrected chi connectivity index (χ3v) is 8.73. The molecule has 3 aliphatic rings. The van der Waals surface area contributed by atoms with Gasteiger partial charge in [0.1, 0.15) is 85.7 Å². The number of hydrogen-bond acceptors (Lipinski definition) is 19. The molecular formula is C33H38O21. The number of aliphatic carboxylic acids is 2. The first kappa shape index (κ1) is 40.3. The number of benzene rings is 2. The van der Waals surface area contributed by atoms with Gasteiger partial charge >= 0.3 is 17.9 Å². The van der Waals surface area contributed by atoms with E-state index in [1.165, 1.54) is 30.3 Å². The fourth-order valence-electron chi connectivity index (χ4n) is 5.98. The first-order valence-electron chi connectivity index (χ1n) is 16.3. The summed E-state index contributed by atoms with van der Waals surface area (Å²) in [5.74, 6) is -6.16. The molecular weight excluding hydrogens is 732 g/mol. The Labute approximate surface area is 304 Å². The van der Waals surface area contributed by atoms with E-state index >= 15 is 0 Å². The van der Waals surface area contributed by atoms with Crippen molar-refractivity contribution < 1.29 is 103 Å². The van der Waals surface area contributed by atoms with Crippen LogP contribution in [0.5, 0.6) is 23.0 Å². The zero-order chi connectivity index (χ0) is 39.4. The van der Waals surface area contributed by atoms with Crippen LogP contribution in [0.2, 0.25) is 0 Å². The number of ether oxygens (including phenoxy) is 7. The van der Waals surface area contributed by atoms with Gasteiger partial charge in [0.05, 0.1) is 24.0 Å². The standard InChI is InChI=1S/C33H38O21/c34-13-3-1-12(2-4-13)31-18(52-33-30(47)28(45)26(43)20(54-33)11-49-24(41)9-22(38)39)7-15-16(50-31)5-14(35)6-17(15)51-32-29(46)27(44)25(42)19(53-32)10-48-23(40)8-21(36)37/h1-6,18-20,25-35,42-47H,7-11H2,(H,36,37)(H,38,39)/t18-,19+,20+,25+,26+,27-,28-,29+,30+,31?,32+,33+/m0/s1. The molecule has 0 aromatic heterocycles. The average Bonchev–Trinajstić information content (AvgIpc) is 3.10. The fraction of sp³-hybridized carbons (Fsp3) is 0.515. The molecule has 12 atom stereocenters. The molecule has 21 nitrogen and oxygen atoms in total. The first-order valence-corrected chi connectivity index (χ1v) is 16.3. The minimum Gasteiger partial charge on any atom is -0.575 e. The van der Waals surface area contributed by atoms with E-state index in [0.29, 0.717) is 5.56 Å². The van der Waals surface area contributed by atoms with Gasteiger partial charge in [0.2, 0.25) is 12.4 Å². The van der Waals surface area contributed by atoms with Crippen LogP contribution in [0.4, 0.5) is 0 Å². The number of rotatable bonds is 13. The summed E-state index contributed by atoms with van der Waals surface area (Å²) in [6, 6.07) is 8.08. The van der Waals surface area contributed by atoms with Gasteiger partial charge in [-0.25, -0.2) is 0 Å². The van der Waals surface area contributed by atoms with Crippen molar-refractivity contribution >= 4 is 23.9 Å². The number of fused-ring (bicyclic) bond motifs is 1. The predicted molar refractivity (Wildman–Crippen MR) is 167 cm³/mol. The molecule has 296 valence electrons. The van der Waals surface area contributed by atoms with E-state index in [4.69, 9.17) is 33.5 Å². The van der Waals surface area contributed by atoms with Crippen LogP contribution in [0.3, 0.4) is 0 Å². The second kappa shape index (κ2) is 17.1. The molecule has 0 bridgehead atoms. The number of hydrogen-bond donors (Lipinski definition) is 9. The summed E-state index contributed by atoms with van der Waals surface area (Å²) in [5.41, 5.74) is 0.628. The number of aliphatic hydroxyl groups is 7. The van der Waals surface area contributed by atoms with Gasteiger partial charge in [-0.15, -0.1) is 0 Å². The van der Waals surface area contributed by atoms with Crippen LogP contribution in [0.15, 0.2) is 36.4 Å². The third-order valence-electron chi connectivity index (χ3n) is 8.73. The van der Waals surface area contributed by atoms with Crippen molar-refractivity contribution in [3.63, 3.8) is 0 Å². The van der Waals surface area contributed by atoms with Gasteiger partial charge in [-0.1, -0.05) is 0 Å². The molecule has 21 heteroatoms. The molecule has 3 heterocycles. The van der Waals surface area contributed by atoms with Gasteiger partial charge in [0.15, 0.2) is 12.4 Å². The molecule has 2 aromatic carbocycles. The maximum Gasteiger partial charge on any atom is 0.317 e. The molecule has 2 aromatic rings. The van der Waals surface area contributed by atoms with Crippen LogP contribution >= 0.6 is 0 Å². The van der Waals surface area contributed by atoms with Gasteiger partial charge in [-0.2, -0.15) is 0 Å². The van der Waals surface area contributed by atoms with Crippen LogP contribution in [-0.4, -0.2) is 155 Å². The van der Waals surface area contributed by atoms with Crippen molar-refractivity contribution in [1.82, 2.24) is 0 Å². The van der Waals surface area contributed by atoms with Crippen LogP contribution in [0.25, 0.3) is 0 Å². The molecule has 0 spiro atoms. The number of esters is 2. The van der Waals surface area contributed by atoms with E-state index in [-0.39, 0.29) is 35.0 Å². The molecule has 3 aliphatic heterocycles. The van der Waals surface area contributed by atoms with Gasteiger partial charge < -0.3 is 89.0 Å². The minimum absolute atomic E-state index is 0.0896. The Morgan fingerprint density at radius 1 is 0.741 bits per heavy atom. The Hall–Kier alpha value is -4.84. The Morgan fingerprint density at radius 3 is 1.87 bits per heavy atom. The lowest BCUT2D eigenvalue weighted by atomic mass is 9.93.